The van der Waals surface area contributed by atoms with Crippen LogP contribution in [0.4, 0.5) is 10.1 Å². The van der Waals surface area contributed by atoms with E-state index in [1.807, 2.05) is 48.5 Å². The van der Waals surface area contributed by atoms with Crippen LogP contribution in [0.3, 0.4) is 0 Å². The van der Waals surface area contributed by atoms with Crippen molar-refractivity contribution in [3.63, 3.8) is 0 Å². The van der Waals surface area contributed by atoms with Crippen molar-refractivity contribution in [2.75, 3.05) is 5.32 Å². The minimum absolute atomic E-state index is 0.273. The number of H-pyrrole nitrogens is 1. The summed E-state index contributed by atoms with van der Waals surface area (Å²) in [7, 11) is 0. The van der Waals surface area contributed by atoms with Crippen molar-refractivity contribution >= 4 is 28.3 Å². The molecule has 0 bridgehead atoms. The number of amides is 1. The largest absolute Gasteiger partial charge is 0.338 e. The molecule has 3 aromatic carbocycles. The van der Waals surface area contributed by atoms with Crippen LogP contribution < -0.4 is 5.32 Å². The summed E-state index contributed by atoms with van der Waals surface area (Å²) < 4.78 is 15.1. The van der Waals surface area contributed by atoms with E-state index in [0.29, 0.717) is 33.8 Å². The fraction of sp³-hybridized carbons (Fsp3) is 0. The lowest BCUT2D eigenvalue weighted by atomic mass is 10.0. The zero-order valence-electron chi connectivity index (χ0n) is 17.7. The van der Waals surface area contributed by atoms with Gasteiger partial charge in [-0.2, -0.15) is 5.10 Å². The molecule has 8 heteroatoms. The number of benzene rings is 3. The number of hydrogen-bond acceptors (Lipinski definition) is 4. The van der Waals surface area contributed by atoms with Gasteiger partial charge in [0.1, 0.15) is 17.2 Å². The Morgan fingerprint density at radius 1 is 0.941 bits per heavy atom. The molecule has 0 radical (unpaired) electrons. The Morgan fingerprint density at radius 2 is 1.79 bits per heavy atom. The van der Waals surface area contributed by atoms with Gasteiger partial charge in [-0.05, 0) is 53.6 Å². The Morgan fingerprint density at radius 3 is 2.68 bits per heavy atom. The molecule has 0 fully saturated rings. The second-order valence-corrected chi connectivity index (χ2v) is 7.81. The molecule has 1 amide bonds. The van der Waals surface area contributed by atoms with E-state index in [1.165, 1.54) is 18.3 Å². The van der Waals surface area contributed by atoms with E-state index < -0.39 is 0 Å². The van der Waals surface area contributed by atoms with Gasteiger partial charge in [-0.15, -0.1) is 0 Å². The highest BCUT2D eigenvalue weighted by Crippen LogP contribution is 2.27. The lowest BCUT2D eigenvalue weighted by molar-refractivity contribution is 0.102. The summed E-state index contributed by atoms with van der Waals surface area (Å²) in [5.41, 5.74) is 5.81. The number of carbonyl (C=O) groups excluding carboxylic acids is 1. The zero-order valence-corrected chi connectivity index (χ0v) is 17.7. The summed E-state index contributed by atoms with van der Waals surface area (Å²) in [6, 6.07) is 21.8. The predicted molar refractivity (Wildman–Crippen MR) is 128 cm³/mol. The number of nitrogens with one attached hydrogen (secondary N) is 2. The van der Waals surface area contributed by atoms with Crippen molar-refractivity contribution in [1.29, 1.82) is 0 Å². The van der Waals surface area contributed by atoms with E-state index in [2.05, 4.69) is 25.4 Å². The van der Waals surface area contributed by atoms with Gasteiger partial charge in [0.05, 0.1) is 17.2 Å². The van der Waals surface area contributed by atoms with Crippen LogP contribution in [0.25, 0.3) is 39.2 Å². The third kappa shape index (κ3) is 3.57. The van der Waals surface area contributed by atoms with Crippen LogP contribution in [0.15, 0.2) is 91.4 Å². The highest BCUT2D eigenvalue weighted by Gasteiger charge is 2.14. The molecule has 6 rings (SSSR count). The maximum atomic E-state index is 13.5. The van der Waals surface area contributed by atoms with Crippen molar-refractivity contribution in [2.24, 2.45) is 0 Å². The number of aromatic amines is 1. The lowest BCUT2D eigenvalue weighted by Gasteiger charge is -2.07. The number of imidazole rings is 1. The van der Waals surface area contributed by atoms with Crippen LogP contribution in [-0.4, -0.2) is 30.5 Å². The predicted octanol–water partition coefficient (Wildman–Crippen LogP) is 5.33. The highest BCUT2D eigenvalue weighted by atomic mass is 19.1. The molecule has 0 saturated heterocycles. The maximum absolute atomic E-state index is 13.5. The monoisotopic (exact) mass is 448 g/mol. The number of rotatable bonds is 4. The number of fused-ring (bicyclic) bond motifs is 2. The summed E-state index contributed by atoms with van der Waals surface area (Å²) in [4.78, 5) is 24.7. The minimum Gasteiger partial charge on any atom is -0.338 e. The first kappa shape index (κ1) is 19.8. The molecule has 3 heterocycles. The molecule has 0 aliphatic heterocycles. The van der Waals surface area contributed by atoms with Gasteiger partial charge in [0.25, 0.3) is 5.91 Å². The number of aromatic nitrogens is 5. The van der Waals surface area contributed by atoms with Crippen LogP contribution in [-0.2, 0) is 0 Å². The Labute approximate surface area is 192 Å². The average molecular weight is 448 g/mol. The summed E-state index contributed by atoms with van der Waals surface area (Å²) in [6.45, 7) is 0. The molecule has 2 N–H and O–H groups in total. The number of anilines is 1. The first-order valence-corrected chi connectivity index (χ1v) is 10.6. The first-order valence-electron chi connectivity index (χ1n) is 10.6. The van der Waals surface area contributed by atoms with Crippen LogP contribution in [0, 0.1) is 5.82 Å². The molecule has 0 spiro atoms. The first-order chi connectivity index (χ1) is 16.6. The minimum atomic E-state index is -0.304. The van der Waals surface area contributed by atoms with E-state index in [1.54, 1.807) is 29.0 Å². The smallest absolute Gasteiger partial charge is 0.261 e. The van der Waals surface area contributed by atoms with Crippen molar-refractivity contribution in [2.45, 2.75) is 0 Å². The van der Waals surface area contributed by atoms with E-state index in [-0.39, 0.29) is 11.7 Å². The summed E-state index contributed by atoms with van der Waals surface area (Å²) in [6.07, 6.45) is 4.87. The molecule has 7 nitrogen and oxygen atoms in total. The maximum Gasteiger partial charge on any atom is 0.261 e. The topological polar surface area (TPSA) is 88.0 Å². The Kier molecular flexibility index (Phi) is 4.62. The quantitative estimate of drug-likeness (QED) is 0.382. The second kappa shape index (κ2) is 7.93. The molecule has 3 aromatic heterocycles. The highest BCUT2D eigenvalue weighted by molar-refractivity contribution is 6.08. The molecule has 34 heavy (non-hydrogen) atoms. The Bertz CT molecular complexity index is 1670. The Hall–Kier alpha value is -4.85. The van der Waals surface area contributed by atoms with Crippen molar-refractivity contribution in [3.05, 3.63) is 103 Å². The number of hydrogen-bond donors (Lipinski definition) is 2. The summed E-state index contributed by atoms with van der Waals surface area (Å²) in [5.74, 6) is 0.0968. The third-order valence-electron chi connectivity index (χ3n) is 5.58. The van der Waals surface area contributed by atoms with E-state index >= 15 is 0 Å². The van der Waals surface area contributed by atoms with Crippen molar-refractivity contribution in [3.8, 4) is 22.5 Å². The van der Waals surface area contributed by atoms with Gasteiger partial charge in [0.2, 0.25) is 0 Å². The molecule has 6 aromatic rings. The average Bonchev–Trinajstić information content (AvgIpc) is 3.49. The van der Waals surface area contributed by atoms with Gasteiger partial charge < -0.3 is 10.3 Å². The van der Waals surface area contributed by atoms with Crippen LogP contribution in [0.1, 0.15) is 10.4 Å². The van der Waals surface area contributed by atoms with Gasteiger partial charge >= 0.3 is 0 Å². The zero-order chi connectivity index (χ0) is 23.1. The molecule has 0 aliphatic rings. The van der Waals surface area contributed by atoms with E-state index in [4.69, 9.17) is 0 Å². The number of halogens is 1. The second-order valence-electron chi connectivity index (χ2n) is 7.81. The summed E-state index contributed by atoms with van der Waals surface area (Å²) >= 11 is 0. The fourth-order valence-electron chi connectivity index (χ4n) is 3.90. The molecule has 0 aliphatic carbocycles. The van der Waals surface area contributed by atoms with Gasteiger partial charge in [-0.3, -0.25) is 4.79 Å². The number of nitrogens with zero attached hydrogens (tertiary/aromatic N) is 4. The van der Waals surface area contributed by atoms with Gasteiger partial charge in [0, 0.05) is 23.6 Å². The molecular weight excluding hydrogens is 431 g/mol. The lowest BCUT2D eigenvalue weighted by Crippen LogP contribution is -2.11. The molecule has 0 atom stereocenters. The van der Waals surface area contributed by atoms with E-state index in [0.717, 1.165) is 16.7 Å². The molecule has 164 valence electrons. The fourth-order valence-corrected chi connectivity index (χ4v) is 3.90. The number of carbonyl (C=O) groups is 1. The summed E-state index contributed by atoms with van der Waals surface area (Å²) in [5, 5.41) is 7.05. The third-order valence-corrected chi connectivity index (χ3v) is 5.58. The normalized spacial score (nSPS) is 11.2. The molecule has 0 saturated carbocycles. The molecular formula is C26H17FN6O. The standard InChI is InChI=1S/C26H17FN6O/c27-19-7-10-22-23(14-19)32-24(31-22)18-4-1-3-17(13-18)16-5-8-20(9-6-16)30-26(34)21-15-29-33-12-2-11-28-25(21)33/h1-15H,(H,30,34)(H,31,32). The van der Waals surface area contributed by atoms with E-state index in [9.17, 15) is 9.18 Å². The van der Waals surface area contributed by atoms with Gasteiger partial charge in [-0.25, -0.2) is 18.9 Å². The SMILES string of the molecule is O=C(Nc1ccc(-c2cccc(-c3nc4ccc(F)cc4[nH]3)c2)cc1)c1cnn2cccnc12. The van der Waals surface area contributed by atoms with Crippen LogP contribution in [0.5, 0.6) is 0 Å². The van der Waals surface area contributed by atoms with Crippen LogP contribution >= 0.6 is 0 Å². The van der Waals surface area contributed by atoms with Crippen LogP contribution in [0.2, 0.25) is 0 Å². The Balaban J connectivity index is 1.24. The van der Waals surface area contributed by atoms with Gasteiger partial charge in [-0.1, -0.05) is 30.3 Å². The molecule has 0 unspecified atom stereocenters. The van der Waals surface area contributed by atoms with Crippen molar-refractivity contribution < 1.29 is 9.18 Å². The van der Waals surface area contributed by atoms with Crippen molar-refractivity contribution in [1.82, 2.24) is 24.6 Å². The van der Waals surface area contributed by atoms with Gasteiger partial charge in [0.15, 0.2) is 5.65 Å².